The zero-order chi connectivity index (χ0) is 17.9. The minimum absolute atomic E-state index is 0.236. The van der Waals surface area contributed by atoms with Gasteiger partial charge in [-0.1, -0.05) is 36.5 Å². The highest BCUT2D eigenvalue weighted by Gasteiger charge is 2.30. The second-order valence-electron chi connectivity index (χ2n) is 5.26. The molecule has 0 unspecified atom stereocenters. The molecule has 2 aromatic carbocycles. The van der Waals surface area contributed by atoms with Crippen molar-refractivity contribution in [1.29, 1.82) is 0 Å². The molecule has 3 N–H and O–H groups in total. The van der Waals surface area contributed by atoms with E-state index in [9.17, 15) is 18.0 Å². The molecule has 0 bridgehead atoms. The average molecular weight is 352 g/mol. The van der Waals surface area contributed by atoms with Crippen LogP contribution in [0, 0.1) is 0 Å². The van der Waals surface area contributed by atoms with Gasteiger partial charge in [0.05, 0.1) is 11.6 Å². The van der Waals surface area contributed by atoms with Crippen molar-refractivity contribution < 1.29 is 18.0 Å². The summed E-state index contributed by atoms with van der Waals surface area (Å²) in [5, 5.41) is 2.74. The number of carbonyl (C=O) groups is 1. The van der Waals surface area contributed by atoms with E-state index < -0.39 is 17.8 Å². The fourth-order valence-corrected chi connectivity index (χ4v) is 2.25. The molecular formula is C17H15F3N2OS. The Bertz CT molecular complexity index is 740. The van der Waals surface area contributed by atoms with Crippen LogP contribution >= 0.6 is 12.2 Å². The summed E-state index contributed by atoms with van der Waals surface area (Å²) in [6.07, 6.45) is -4.38. The molecule has 3 nitrogen and oxygen atoms in total. The molecule has 0 fully saturated rings. The Balaban J connectivity index is 2.07. The Morgan fingerprint density at radius 1 is 1.04 bits per heavy atom. The van der Waals surface area contributed by atoms with Crippen LogP contribution in [0.3, 0.4) is 0 Å². The fourth-order valence-electron chi connectivity index (χ4n) is 2.11. The molecule has 1 atom stereocenters. The van der Waals surface area contributed by atoms with Crippen LogP contribution in [-0.2, 0) is 6.18 Å². The maximum absolute atomic E-state index is 12.6. The number of rotatable bonds is 4. The molecule has 0 aliphatic carbocycles. The minimum Gasteiger partial charge on any atom is -0.389 e. The van der Waals surface area contributed by atoms with E-state index in [1.54, 1.807) is 31.2 Å². The van der Waals surface area contributed by atoms with Gasteiger partial charge in [-0.25, -0.2) is 0 Å². The number of thiocarbonyl (C=S) groups is 1. The van der Waals surface area contributed by atoms with Crippen molar-refractivity contribution >= 4 is 23.1 Å². The van der Waals surface area contributed by atoms with Gasteiger partial charge in [-0.05, 0) is 36.8 Å². The molecule has 0 heterocycles. The second kappa shape index (κ2) is 7.00. The molecule has 0 saturated carbocycles. The Kier molecular flexibility index (Phi) is 5.23. The zero-order valence-electron chi connectivity index (χ0n) is 12.7. The second-order valence-corrected chi connectivity index (χ2v) is 5.70. The summed E-state index contributed by atoms with van der Waals surface area (Å²) in [5.74, 6) is -0.336. The van der Waals surface area contributed by atoms with E-state index in [-0.39, 0.29) is 10.9 Å². The van der Waals surface area contributed by atoms with Crippen molar-refractivity contribution in [2.45, 2.75) is 19.1 Å². The van der Waals surface area contributed by atoms with Gasteiger partial charge in [0.25, 0.3) is 5.91 Å². The van der Waals surface area contributed by atoms with Gasteiger partial charge in [0.1, 0.15) is 4.99 Å². The van der Waals surface area contributed by atoms with E-state index in [2.05, 4.69) is 5.32 Å². The Hall–Kier alpha value is -2.41. The van der Waals surface area contributed by atoms with Crippen LogP contribution in [0.15, 0.2) is 48.5 Å². The molecule has 2 rings (SSSR count). The predicted octanol–water partition coefficient (Wildman–Crippen LogP) is 3.83. The Labute approximate surface area is 142 Å². The summed E-state index contributed by atoms with van der Waals surface area (Å²) in [4.78, 5) is 12.4. The van der Waals surface area contributed by atoms with Crippen LogP contribution in [0.4, 0.5) is 13.2 Å². The summed E-state index contributed by atoms with van der Waals surface area (Å²) in [7, 11) is 0. The quantitative estimate of drug-likeness (QED) is 0.823. The van der Waals surface area contributed by atoms with E-state index in [1.165, 1.54) is 12.1 Å². The molecule has 2 aromatic rings. The third kappa shape index (κ3) is 4.32. The number of alkyl halides is 3. The highest BCUT2D eigenvalue weighted by molar-refractivity contribution is 7.80. The number of nitrogens with one attached hydrogen (secondary N) is 1. The van der Waals surface area contributed by atoms with Gasteiger partial charge >= 0.3 is 6.18 Å². The van der Waals surface area contributed by atoms with Gasteiger partial charge in [0, 0.05) is 11.1 Å². The largest absolute Gasteiger partial charge is 0.416 e. The molecule has 1 amide bonds. The van der Waals surface area contributed by atoms with Crippen LogP contribution in [0.5, 0.6) is 0 Å². The maximum atomic E-state index is 12.6. The lowest BCUT2D eigenvalue weighted by atomic mass is 10.0. The first kappa shape index (κ1) is 17.9. The lowest BCUT2D eigenvalue weighted by molar-refractivity contribution is -0.137. The van der Waals surface area contributed by atoms with Gasteiger partial charge in [0.2, 0.25) is 0 Å². The monoisotopic (exact) mass is 352 g/mol. The van der Waals surface area contributed by atoms with Crippen molar-refractivity contribution in [3.8, 4) is 0 Å². The average Bonchev–Trinajstić information content (AvgIpc) is 2.54. The summed E-state index contributed by atoms with van der Waals surface area (Å²) < 4.78 is 37.7. The lowest BCUT2D eigenvalue weighted by Crippen LogP contribution is -2.26. The topological polar surface area (TPSA) is 55.1 Å². The molecule has 126 valence electrons. The molecule has 7 heteroatoms. The van der Waals surface area contributed by atoms with Crippen molar-refractivity contribution in [1.82, 2.24) is 5.32 Å². The first-order chi connectivity index (χ1) is 11.2. The van der Waals surface area contributed by atoms with E-state index >= 15 is 0 Å². The number of carbonyl (C=O) groups excluding carboxylic acids is 1. The van der Waals surface area contributed by atoms with E-state index in [0.717, 1.165) is 12.1 Å². The third-order valence-electron chi connectivity index (χ3n) is 3.52. The van der Waals surface area contributed by atoms with Crippen molar-refractivity contribution in [2.75, 3.05) is 0 Å². The number of hydrogen-bond acceptors (Lipinski definition) is 2. The summed E-state index contributed by atoms with van der Waals surface area (Å²) in [5.41, 5.74) is 6.41. The van der Waals surface area contributed by atoms with Gasteiger partial charge in [-0.2, -0.15) is 13.2 Å². The van der Waals surface area contributed by atoms with E-state index in [0.29, 0.717) is 16.7 Å². The van der Waals surface area contributed by atoms with Crippen LogP contribution in [0.25, 0.3) is 0 Å². The predicted molar refractivity (Wildman–Crippen MR) is 89.7 cm³/mol. The van der Waals surface area contributed by atoms with Crippen LogP contribution in [0.1, 0.15) is 40.0 Å². The van der Waals surface area contributed by atoms with Gasteiger partial charge in [0.15, 0.2) is 0 Å². The van der Waals surface area contributed by atoms with E-state index in [4.69, 9.17) is 18.0 Å². The van der Waals surface area contributed by atoms with Gasteiger partial charge in [-0.15, -0.1) is 0 Å². The smallest absolute Gasteiger partial charge is 0.389 e. The standard InChI is InChI=1S/C17H15F3N2OS/c1-10(11-6-8-14(9-7-11)17(18,19)20)22-16(23)13-4-2-12(3-5-13)15(21)24/h2-10H,1H3,(H2,21,24)(H,22,23)/t10-/m0/s1. The zero-order valence-corrected chi connectivity index (χ0v) is 13.5. The van der Waals surface area contributed by atoms with Crippen molar-refractivity contribution in [3.63, 3.8) is 0 Å². The first-order valence-corrected chi connectivity index (χ1v) is 7.47. The van der Waals surface area contributed by atoms with Crippen molar-refractivity contribution in [2.24, 2.45) is 5.73 Å². The molecule has 0 radical (unpaired) electrons. The maximum Gasteiger partial charge on any atom is 0.416 e. The molecule has 24 heavy (non-hydrogen) atoms. The summed E-state index contributed by atoms with van der Waals surface area (Å²) in [6, 6.07) is 10.7. The number of halogens is 3. The minimum atomic E-state index is -4.38. The molecule has 0 aliphatic rings. The number of nitrogens with two attached hydrogens (primary N) is 1. The Morgan fingerprint density at radius 3 is 2.00 bits per heavy atom. The molecule has 0 aliphatic heterocycles. The summed E-state index contributed by atoms with van der Waals surface area (Å²) in [6.45, 7) is 1.70. The highest BCUT2D eigenvalue weighted by Crippen LogP contribution is 2.29. The molecular weight excluding hydrogens is 337 g/mol. The van der Waals surface area contributed by atoms with E-state index in [1.807, 2.05) is 0 Å². The molecule has 0 saturated heterocycles. The van der Waals surface area contributed by atoms with Crippen LogP contribution < -0.4 is 11.1 Å². The number of hydrogen-bond donors (Lipinski definition) is 2. The van der Waals surface area contributed by atoms with Crippen LogP contribution in [-0.4, -0.2) is 10.9 Å². The number of benzene rings is 2. The fraction of sp³-hybridized carbons (Fsp3) is 0.176. The van der Waals surface area contributed by atoms with Crippen LogP contribution in [0.2, 0.25) is 0 Å². The normalized spacial score (nSPS) is 12.5. The SMILES string of the molecule is C[C@H](NC(=O)c1ccc(C(N)=S)cc1)c1ccc(C(F)(F)F)cc1. The third-order valence-corrected chi connectivity index (χ3v) is 3.75. The first-order valence-electron chi connectivity index (χ1n) is 7.06. The van der Waals surface area contributed by atoms with Crippen molar-refractivity contribution in [3.05, 3.63) is 70.8 Å². The molecule has 0 aromatic heterocycles. The molecule has 0 spiro atoms. The highest BCUT2D eigenvalue weighted by atomic mass is 32.1. The number of amides is 1. The Morgan fingerprint density at radius 2 is 1.54 bits per heavy atom. The summed E-state index contributed by atoms with van der Waals surface area (Å²) >= 11 is 4.84. The lowest BCUT2D eigenvalue weighted by Gasteiger charge is -2.15. The van der Waals surface area contributed by atoms with Gasteiger partial charge in [-0.3, -0.25) is 4.79 Å². The van der Waals surface area contributed by atoms with Gasteiger partial charge < -0.3 is 11.1 Å².